The second-order valence-electron chi connectivity index (χ2n) is 9.42. The Morgan fingerprint density at radius 2 is 1.64 bits per heavy atom. The predicted octanol–water partition coefficient (Wildman–Crippen LogP) is 6.07. The van der Waals surface area contributed by atoms with E-state index >= 15 is 0 Å². The number of benzene rings is 2. The molecular weight excluding hydrogens is 402 g/mol. The van der Waals surface area contributed by atoms with Crippen molar-refractivity contribution in [1.29, 1.82) is 0 Å². The molecule has 0 radical (unpaired) electrons. The van der Waals surface area contributed by atoms with Gasteiger partial charge in [0.1, 0.15) is 0 Å². The highest BCUT2D eigenvalue weighted by atomic mass is 15.3. The maximum absolute atomic E-state index is 2.68. The van der Waals surface area contributed by atoms with Crippen molar-refractivity contribution in [3.63, 3.8) is 0 Å². The van der Waals surface area contributed by atoms with Crippen LogP contribution in [0.25, 0.3) is 5.57 Å². The second-order valence-corrected chi connectivity index (χ2v) is 9.42. The summed E-state index contributed by atoms with van der Waals surface area (Å²) in [6, 6.07) is 18.7. The topological polar surface area (TPSA) is 9.72 Å². The molecule has 2 aromatic carbocycles. The van der Waals surface area contributed by atoms with Gasteiger partial charge in [-0.15, -0.1) is 0 Å². The lowest BCUT2D eigenvalue weighted by atomic mass is 9.89. The van der Waals surface area contributed by atoms with E-state index in [1.165, 1.54) is 33.5 Å². The lowest BCUT2D eigenvalue weighted by Gasteiger charge is -2.39. The highest BCUT2D eigenvalue weighted by Gasteiger charge is 2.27. The van der Waals surface area contributed by atoms with E-state index in [0.29, 0.717) is 6.04 Å². The van der Waals surface area contributed by atoms with Crippen LogP contribution in [-0.2, 0) is 6.54 Å². The molecule has 33 heavy (non-hydrogen) atoms. The van der Waals surface area contributed by atoms with E-state index in [4.69, 9.17) is 0 Å². The summed E-state index contributed by atoms with van der Waals surface area (Å²) in [7, 11) is 0. The van der Waals surface area contributed by atoms with Crippen molar-refractivity contribution in [3.05, 3.63) is 95.1 Å². The fourth-order valence-electron chi connectivity index (χ4n) is 5.63. The third-order valence-electron chi connectivity index (χ3n) is 7.54. The Hall–Kier alpha value is -2.62. The summed E-state index contributed by atoms with van der Waals surface area (Å²) < 4.78 is 0. The number of nitrogens with zero attached hydrogens (tertiary/aromatic N) is 3. The molecule has 1 fully saturated rings. The molecule has 0 N–H and O–H groups in total. The monoisotopic (exact) mass is 439 g/mol. The molecule has 1 aliphatic heterocycles. The molecule has 1 atom stereocenters. The summed E-state index contributed by atoms with van der Waals surface area (Å²) >= 11 is 0. The number of hydrogen-bond acceptors (Lipinski definition) is 3. The van der Waals surface area contributed by atoms with Crippen LogP contribution in [0.4, 0.5) is 5.69 Å². The zero-order valence-electron chi connectivity index (χ0n) is 20.2. The molecule has 1 heterocycles. The first-order chi connectivity index (χ1) is 16.3. The zero-order valence-corrected chi connectivity index (χ0v) is 20.2. The molecular formula is C30H37N3. The van der Waals surface area contributed by atoms with Gasteiger partial charge in [-0.3, -0.25) is 9.80 Å². The van der Waals surface area contributed by atoms with Gasteiger partial charge in [-0.25, -0.2) is 0 Å². The minimum absolute atomic E-state index is 0.371. The van der Waals surface area contributed by atoms with Crippen LogP contribution in [-0.4, -0.2) is 49.1 Å². The molecule has 0 aromatic heterocycles. The van der Waals surface area contributed by atoms with E-state index in [1.807, 2.05) is 0 Å². The minimum Gasteiger partial charge on any atom is -0.372 e. The van der Waals surface area contributed by atoms with Crippen molar-refractivity contribution >= 4 is 11.3 Å². The van der Waals surface area contributed by atoms with Gasteiger partial charge in [0.05, 0.1) is 6.04 Å². The van der Waals surface area contributed by atoms with Crippen molar-refractivity contribution in [1.82, 2.24) is 9.80 Å². The molecule has 3 aliphatic rings. The molecule has 3 heteroatoms. The lowest BCUT2D eigenvalue weighted by Crippen LogP contribution is -2.46. The molecule has 0 amide bonds. The summed E-state index contributed by atoms with van der Waals surface area (Å²) in [5.74, 6) is 0. The highest BCUT2D eigenvalue weighted by Crippen LogP contribution is 2.39. The van der Waals surface area contributed by atoms with E-state index in [9.17, 15) is 0 Å². The molecule has 1 unspecified atom stereocenters. The van der Waals surface area contributed by atoms with Gasteiger partial charge in [-0.1, -0.05) is 60.7 Å². The van der Waals surface area contributed by atoms with E-state index in [1.54, 1.807) is 0 Å². The molecule has 172 valence electrons. The number of hydrogen-bond donors (Lipinski definition) is 0. The van der Waals surface area contributed by atoms with Gasteiger partial charge in [0.15, 0.2) is 0 Å². The Morgan fingerprint density at radius 1 is 0.879 bits per heavy atom. The Morgan fingerprint density at radius 3 is 2.39 bits per heavy atom. The summed E-state index contributed by atoms with van der Waals surface area (Å²) in [5.41, 5.74) is 8.62. The second kappa shape index (κ2) is 10.1. The smallest absolute Gasteiger partial charge is 0.0541 e. The van der Waals surface area contributed by atoms with Crippen molar-refractivity contribution < 1.29 is 0 Å². The Kier molecular flexibility index (Phi) is 6.80. The van der Waals surface area contributed by atoms with Gasteiger partial charge < -0.3 is 4.90 Å². The number of fused-ring (bicyclic) bond motifs is 2. The first-order valence-electron chi connectivity index (χ1n) is 12.7. The van der Waals surface area contributed by atoms with Crippen molar-refractivity contribution in [3.8, 4) is 0 Å². The molecule has 0 bridgehead atoms. The third kappa shape index (κ3) is 4.71. The summed E-state index contributed by atoms with van der Waals surface area (Å²) in [6.45, 7) is 12.1. The van der Waals surface area contributed by atoms with E-state index in [0.717, 1.165) is 58.7 Å². The third-order valence-corrected chi connectivity index (χ3v) is 7.54. The SMILES string of the molecule is CCN(CC)c1ccc(CN2CCN(C3C=CC4=C(CCC=C4)c4ccccc43)CC2)cc1. The van der Waals surface area contributed by atoms with Crippen molar-refractivity contribution in [2.24, 2.45) is 0 Å². The average Bonchev–Trinajstić information content (AvgIpc) is 3.04. The number of allylic oxidation sites excluding steroid dienone is 5. The first-order valence-corrected chi connectivity index (χ1v) is 12.7. The van der Waals surface area contributed by atoms with Gasteiger partial charge in [0.2, 0.25) is 0 Å². The highest BCUT2D eigenvalue weighted by molar-refractivity contribution is 5.78. The average molecular weight is 440 g/mol. The van der Waals surface area contributed by atoms with Crippen LogP contribution in [0.2, 0.25) is 0 Å². The Balaban J connectivity index is 1.25. The summed E-state index contributed by atoms with van der Waals surface area (Å²) in [5, 5.41) is 0. The molecule has 2 aliphatic carbocycles. The van der Waals surface area contributed by atoms with Gasteiger partial charge in [-0.05, 0) is 66.7 Å². The largest absolute Gasteiger partial charge is 0.372 e. The predicted molar refractivity (Wildman–Crippen MR) is 140 cm³/mol. The van der Waals surface area contributed by atoms with Crippen molar-refractivity contribution in [2.75, 3.05) is 44.2 Å². The first kappa shape index (κ1) is 22.2. The van der Waals surface area contributed by atoms with E-state index in [2.05, 4.69) is 101 Å². The number of rotatable bonds is 6. The van der Waals surface area contributed by atoms with Gasteiger partial charge >= 0.3 is 0 Å². The van der Waals surface area contributed by atoms with Crippen LogP contribution in [0.5, 0.6) is 0 Å². The van der Waals surface area contributed by atoms with Crippen LogP contribution in [0.15, 0.2) is 78.4 Å². The van der Waals surface area contributed by atoms with E-state index < -0.39 is 0 Å². The fraction of sp³-hybridized carbons (Fsp3) is 0.400. The van der Waals surface area contributed by atoms with Crippen molar-refractivity contribution in [2.45, 2.75) is 39.3 Å². The van der Waals surface area contributed by atoms with E-state index in [-0.39, 0.29) is 0 Å². The molecule has 3 nitrogen and oxygen atoms in total. The number of anilines is 1. The standard InChI is InChI=1S/C30H37N3/c1-3-32(4-2)26-16-13-24(14-17-26)23-31-19-21-33(22-20-31)30-18-15-25-9-5-6-10-27(25)28-11-7-8-12-29(28)30/h5,7-9,11-18,30H,3-4,6,10,19-23H2,1-2H3. The molecule has 2 aromatic rings. The summed E-state index contributed by atoms with van der Waals surface area (Å²) in [6.07, 6.45) is 11.8. The van der Waals surface area contributed by atoms with Crippen LogP contribution >= 0.6 is 0 Å². The van der Waals surface area contributed by atoms with Gasteiger partial charge in [0, 0.05) is 51.5 Å². The molecule has 5 rings (SSSR count). The Bertz CT molecular complexity index is 1030. The fourth-order valence-corrected chi connectivity index (χ4v) is 5.63. The minimum atomic E-state index is 0.371. The molecule has 1 saturated heterocycles. The van der Waals surface area contributed by atoms with Crippen LogP contribution in [0, 0.1) is 0 Å². The van der Waals surface area contributed by atoms with Gasteiger partial charge in [0.25, 0.3) is 0 Å². The van der Waals surface area contributed by atoms with Crippen LogP contribution in [0.3, 0.4) is 0 Å². The lowest BCUT2D eigenvalue weighted by molar-refractivity contribution is 0.107. The Labute approximate surface area is 199 Å². The zero-order chi connectivity index (χ0) is 22.6. The maximum atomic E-state index is 2.68. The maximum Gasteiger partial charge on any atom is 0.0541 e. The molecule has 0 saturated carbocycles. The van der Waals surface area contributed by atoms with Crippen LogP contribution in [0.1, 0.15) is 49.4 Å². The normalized spacial score (nSPS) is 21.0. The molecule has 0 spiro atoms. The quantitative estimate of drug-likeness (QED) is 0.541. The summed E-state index contributed by atoms with van der Waals surface area (Å²) in [4.78, 5) is 7.70. The number of piperazine rings is 1. The van der Waals surface area contributed by atoms with Gasteiger partial charge in [-0.2, -0.15) is 0 Å². The van der Waals surface area contributed by atoms with Crippen LogP contribution < -0.4 is 4.90 Å².